The number of para-hydroxylation sites is 1. The lowest BCUT2D eigenvalue weighted by atomic mass is 9.98. The molecule has 0 spiro atoms. The van der Waals surface area contributed by atoms with E-state index in [0.717, 1.165) is 23.1 Å². The van der Waals surface area contributed by atoms with Gasteiger partial charge in [0.05, 0.1) is 10.6 Å². The van der Waals surface area contributed by atoms with Crippen molar-refractivity contribution in [3.63, 3.8) is 0 Å². The fourth-order valence-electron chi connectivity index (χ4n) is 3.76. The molecule has 186 valence electrons. The van der Waals surface area contributed by atoms with Gasteiger partial charge in [0.25, 0.3) is 15.9 Å². The summed E-state index contributed by atoms with van der Waals surface area (Å²) < 4.78 is 34.4. The third-order valence-electron chi connectivity index (χ3n) is 6.05. The summed E-state index contributed by atoms with van der Waals surface area (Å²) >= 11 is 0. The maximum Gasteiger partial charge on any atom is 0.265 e. The highest BCUT2D eigenvalue weighted by Gasteiger charge is 2.21. The molecule has 0 fully saturated rings. The minimum absolute atomic E-state index is 0.112. The van der Waals surface area contributed by atoms with Gasteiger partial charge in [0.15, 0.2) is 6.10 Å². The number of amides is 1. The molecule has 3 aromatic rings. The maximum absolute atomic E-state index is 12.9. The topological polar surface area (TPSA) is 84.5 Å². The average molecular weight is 495 g/mol. The molecule has 1 amide bonds. The van der Waals surface area contributed by atoms with Gasteiger partial charge in [-0.1, -0.05) is 56.7 Å². The van der Waals surface area contributed by atoms with Crippen LogP contribution < -0.4 is 14.8 Å². The second-order valence-corrected chi connectivity index (χ2v) is 10.5. The first-order valence-electron chi connectivity index (χ1n) is 11.9. The summed E-state index contributed by atoms with van der Waals surface area (Å²) in [6.07, 6.45) is 0.791. The molecule has 0 aliphatic rings. The summed E-state index contributed by atoms with van der Waals surface area (Å²) in [6, 6.07) is 19.4. The van der Waals surface area contributed by atoms with E-state index in [1.165, 1.54) is 12.1 Å². The first-order chi connectivity index (χ1) is 16.6. The Morgan fingerprint density at radius 3 is 2.26 bits per heavy atom. The van der Waals surface area contributed by atoms with Gasteiger partial charge in [-0.25, -0.2) is 8.42 Å². The normalized spacial score (nSPS) is 13.1. The van der Waals surface area contributed by atoms with E-state index in [-0.39, 0.29) is 10.8 Å². The van der Waals surface area contributed by atoms with Crippen LogP contribution in [0.1, 0.15) is 56.2 Å². The van der Waals surface area contributed by atoms with Crippen LogP contribution in [0.3, 0.4) is 0 Å². The van der Waals surface area contributed by atoms with Crippen molar-refractivity contribution < 1.29 is 17.9 Å². The average Bonchev–Trinajstić information content (AvgIpc) is 2.84. The molecule has 6 nitrogen and oxygen atoms in total. The van der Waals surface area contributed by atoms with Crippen molar-refractivity contribution in [2.45, 2.75) is 64.4 Å². The Bertz CT molecular complexity index is 1270. The third-order valence-corrected chi connectivity index (χ3v) is 7.43. The molecule has 0 aliphatic heterocycles. The van der Waals surface area contributed by atoms with E-state index < -0.39 is 16.1 Å². The Morgan fingerprint density at radius 1 is 0.943 bits per heavy atom. The number of anilines is 2. The van der Waals surface area contributed by atoms with Gasteiger partial charge in [0, 0.05) is 5.69 Å². The molecular weight excluding hydrogens is 460 g/mol. The fourth-order valence-corrected chi connectivity index (χ4v) is 4.89. The summed E-state index contributed by atoms with van der Waals surface area (Å²) in [4.78, 5) is 13.0. The Kier molecular flexibility index (Phi) is 8.57. The van der Waals surface area contributed by atoms with Crippen molar-refractivity contribution in [3.8, 4) is 5.75 Å². The van der Waals surface area contributed by atoms with Gasteiger partial charge in [-0.15, -0.1) is 0 Å². The number of hydrogen-bond acceptors (Lipinski definition) is 4. The van der Waals surface area contributed by atoms with E-state index in [1.807, 2.05) is 57.2 Å². The van der Waals surface area contributed by atoms with Crippen LogP contribution in [-0.2, 0) is 14.8 Å². The molecule has 3 rings (SSSR count). The standard InChI is InChI=1S/C28H34N2O4S/c1-6-20(4)24-10-8-9-11-27(24)34-26(7-2)28(31)29-22-13-15-23(16-14-22)35(32,33)30-25-17-12-19(3)18-21(25)5/h8-18,20,26,30H,6-7H2,1-5H3,(H,29,31). The first kappa shape index (κ1) is 26.3. The van der Waals surface area contributed by atoms with E-state index in [1.54, 1.807) is 18.2 Å². The highest BCUT2D eigenvalue weighted by atomic mass is 32.2. The van der Waals surface area contributed by atoms with Crippen LogP contribution in [0.25, 0.3) is 0 Å². The number of hydrogen-bond donors (Lipinski definition) is 2. The minimum atomic E-state index is -3.76. The number of benzene rings is 3. The van der Waals surface area contributed by atoms with E-state index >= 15 is 0 Å². The number of carbonyl (C=O) groups excluding carboxylic acids is 1. The Hall–Kier alpha value is -3.32. The van der Waals surface area contributed by atoms with Crippen molar-refractivity contribution in [2.24, 2.45) is 0 Å². The molecule has 2 unspecified atom stereocenters. The zero-order valence-electron chi connectivity index (χ0n) is 21.0. The lowest BCUT2D eigenvalue weighted by molar-refractivity contribution is -0.122. The van der Waals surface area contributed by atoms with Gasteiger partial charge in [-0.2, -0.15) is 0 Å². The van der Waals surface area contributed by atoms with Gasteiger partial charge in [0.2, 0.25) is 0 Å². The van der Waals surface area contributed by atoms with Gasteiger partial charge in [-0.05, 0) is 80.1 Å². The zero-order chi connectivity index (χ0) is 25.6. The predicted octanol–water partition coefficient (Wildman–Crippen LogP) is 6.41. The fraction of sp³-hybridized carbons (Fsp3) is 0.321. The molecule has 0 saturated heterocycles. The number of carbonyl (C=O) groups is 1. The summed E-state index contributed by atoms with van der Waals surface area (Å²) in [7, 11) is -3.76. The van der Waals surface area contributed by atoms with E-state index in [2.05, 4.69) is 23.9 Å². The second-order valence-electron chi connectivity index (χ2n) is 8.80. The van der Waals surface area contributed by atoms with Crippen molar-refractivity contribution in [2.75, 3.05) is 10.0 Å². The summed E-state index contributed by atoms with van der Waals surface area (Å²) in [6.45, 7) is 9.96. The summed E-state index contributed by atoms with van der Waals surface area (Å²) in [5.41, 5.74) is 4.01. The van der Waals surface area contributed by atoms with Crippen LogP contribution in [0.5, 0.6) is 5.75 Å². The molecule has 2 atom stereocenters. The van der Waals surface area contributed by atoms with Crippen molar-refractivity contribution in [3.05, 3.63) is 83.4 Å². The monoisotopic (exact) mass is 494 g/mol. The highest BCUT2D eigenvalue weighted by molar-refractivity contribution is 7.92. The third kappa shape index (κ3) is 6.63. The molecule has 0 radical (unpaired) electrons. The van der Waals surface area contributed by atoms with Crippen LogP contribution >= 0.6 is 0 Å². The number of aryl methyl sites for hydroxylation is 2. The molecule has 0 saturated carbocycles. The Labute approximate surface area is 208 Å². The SMILES string of the molecule is CCC(Oc1ccccc1C(C)CC)C(=O)Nc1ccc(S(=O)(=O)Nc2ccc(C)cc2C)cc1. The molecular formula is C28H34N2O4S. The molecule has 0 bridgehead atoms. The molecule has 35 heavy (non-hydrogen) atoms. The molecule has 7 heteroatoms. The summed E-state index contributed by atoms with van der Waals surface area (Å²) in [5.74, 6) is 0.747. The maximum atomic E-state index is 12.9. The molecule has 3 aromatic carbocycles. The van der Waals surface area contributed by atoms with Crippen LogP contribution in [0.2, 0.25) is 0 Å². The highest BCUT2D eigenvalue weighted by Crippen LogP contribution is 2.30. The second kappa shape index (κ2) is 11.4. The van der Waals surface area contributed by atoms with Crippen molar-refractivity contribution >= 4 is 27.3 Å². The Balaban J connectivity index is 1.70. The Morgan fingerprint density at radius 2 is 1.63 bits per heavy atom. The van der Waals surface area contributed by atoms with Gasteiger partial charge < -0.3 is 10.1 Å². The molecule has 2 N–H and O–H groups in total. The minimum Gasteiger partial charge on any atom is -0.480 e. The molecule has 0 aromatic heterocycles. The van der Waals surface area contributed by atoms with E-state index in [9.17, 15) is 13.2 Å². The first-order valence-corrected chi connectivity index (χ1v) is 13.4. The zero-order valence-corrected chi connectivity index (χ0v) is 21.8. The number of nitrogens with one attached hydrogen (secondary N) is 2. The van der Waals surface area contributed by atoms with Crippen LogP contribution in [-0.4, -0.2) is 20.4 Å². The predicted molar refractivity (Wildman–Crippen MR) is 142 cm³/mol. The van der Waals surface area contributed by atoms with Crippen LogP contribution in [0.4, 0.5) is 11.4 Å². The van der Waals surface area contributed by atoms with Crippen LogP contribution in [0.15, 0.2) is 71.6 Å². The molecule has 0 aliphatic carbocycles. The van der Waals surface area contributed by atoms with Crippen molar-refractivity contribution in [1.82, 2.24) is 0 Å². The summed E-state index contributed by atoms with van der Waals surface area (Å²) in [5, 5.41) is 2.84. The van der Waals surface area contributed by atoms with Crippen LogP contribution in [0, 0.1) is 13.8 Å². The van der Waals surface area contributed by atoms with Crippen molar-refractivity contribution in [1.29, 1.82) is 0 Å². The lowest BCUT2D eigenvalue weighted by Gasteiger charge is -2.21. The smallest absolute Gasteiger partial charge is 0.265 e. The van der Waals surface area contributed by atoms with E-state index in [4.69, 9.17) is 4.74 Å². The quantitative estimate of drug-likeness (QED) is 0.341. The number of sulfonamides is 1. The molecule has 0 heterocycles. The van der Waals surface area contributed by atoms with Gasteiger partial charge in [-0.3, -0.25) is 9.52 Å². The lowest BCUT2D eigenvalue weighted by Crippen LogP contribution is -2.32. The number of rotatable bonds is 10. The number of ether oxygens (including phenoxy) is 1. The van der Waals surface area contributed by atoms with Gasteiger partial charge >= 0.3 is 0 Å². The largest absolute Gasteiger partial charge is 0.480 e. The van der Waals surface area contributed by atoms with E-state index in [0.29, 0.717) is 29.5 Å². The van der Waals surface area contributed by atoms with Gasteiger partial charge in [0.1, 0.15) is 5.75 Å².